The van der Waals surface area contributed by atoms with Crippen molar-refractivity contribution in [3.05, 3.63) is 64.7 Å². The number of carbonyl (C=O) groups is 2. The van der Waals surface area contributed by atoms with Gasteiger partial charge in [0, 0.05) is 19.2 Å². The largest absolute Gasteiger partial charge is 0.465 e. The van der Waals surface area contributed by atoms with Crippen LogP contribution in [0.2, 0.25) is 5.02 Å². The molecule has 0 aliphatic carbocycles. The highest BCUT2D eigenvalue weighted by molar-refractivity contribution is 7.89. The van der Waals surface area contributed by atoms with Crippen molar-refractivity contribution in [1.29, 1.82) is 0 Å². The molecule has 30 heavy (non-hydrogen) atoms. The molecule has 0 saturated heterocycles. The molecule has 2 aromatic rings. The molecule has 0 saturated carbocycles. The predicted molar refractivity (Wildman–Crippen MR) is 117 cm³/mol. The molecular weight excluding hydrogens is 428 g/mol. The summed E-state index contributed by atoms with van der Waals surface area (Å²) in [5, 5.41) is 2.87. The van der Waals surface area contributed by atoms with Gasteiger partial charge in [-0.3, -0.25) is 4.79 Å². The summed E-state index contributed by atoms with van der Waals surface area (Å²) >= 11 is 6.06. The molecule has 2 rings (SSSR count). The summed E-state index contributed by atoms with van der Waals surface area (Å²) in [7, 11) is -2.27. The Labute approximate surface area is 181 Å². The predicted octanol–water partition coefficient (Wildman–Crippen LogP) is 3.81. The van der Waals surface area contributed by atoms with E-state index in [1.54, 1.807) is 32.1 Å². The molecule has 0 unspecified atom stereocenters. The van der Waals surface area contributed by atoms with Gasteiger partial charge in [-0.15, -0.1) is 0 Å². The lowest BCUT2D eigenvalue weighted by molar-refractivity contribution is -0.111. The number of nitrogens with zero attached hydrogens (tertiary/aromatic N) is 1. The summed E-state index contributed by atoms with van der Waals surface area (Å²) in [5.41, 5.74) is 1.18. The van der Waals surface area contributed by atoms with E-state index in [2.05, 4.69) is 10.1 Å². The van der Waals surface area contributed by atoms with Crippen molar-refractivity contribution in [2.45, 2.75) is 18.7 Å². The molecule has 0 radical (unpaired) electrons. The Morgan fingerprint density at radius 3 is 2.30 bits per heavy atom. The van der Waals surface area contributed by atoms with Gasteiger partial charge < -0.3 is 10.1 Å². The van der Waals surface area contributed by atoms with Crippen LogP contribution in [0.1, 0.15) is 29.8 Å². The lowest BCUT2D eigenvalue weighted by Crippen LogP contribution is -2.30. The number of amides is 1. The first kappa shape index (κ1) is 23.6. The van der Waals surface area contributed by atoms with E-state index < -0.39 is 21.9 Å². The van der Waals surface area contributed by atoms with Crippen molar-refractivity contribution in [1.82, 2.24) is 4.31 Å². The summed E-state index contributed by atoms with van der Waals surface area (Å²) in [5.74, 6) is -1.00. The van der Waals surface area contributed by atoms with Crippen LogP contribution in [-0.2, 0) is 19.6 Å². The molecule has 1 N–H and O–H groups in total. The van der Waals surface area contributed by atoms with Crippen molar-refractivity contribution < 1.29 is 22.7 Å². The van der Waals surface area contributed by atoms with Crippen LogP contribution >= 0.6 is 11.6 Å². The van der Waals surface area contributed by atoms with Crippen molar-refractivity contribution in [2.24, 2.45) is 0 Å². The average molecular weight is 451 g/mol. The summed E-state index contributed by atoms with van der Waals surface area (Å²) in [4.78, 5) is 24.0. The van der Waals surface area contributed by atoms with Gasteiger partial charge in [-0.1, -0.05) is 37.6 Å². The van der Waals surface area contributed by atoms with Crippen molar-refractivity contribution in [2.75, 3.05) is 25.5 Å². The van der Waals surface area contributed by atoms with Crippen molar-refractivity contribution in [3.63, 3.8) is 0 Å². The third-order valence-corrected chi connectivity index (χ3v) is 6.69. The van der Waals surface area contributed by atoms with Crippen LogP contribution in [-0.4, -0.2) is 44.8 Å². The third kappa shape index (κ3) is 5.69. The van der Waals surface area contributed by atoms with Crippen LogP contribution < -0.4 is 5.32 Å². The van der Waals surface area contributed by atoms with Gasteiger partial charge in [0.25, 0.3) is 0 Å². The van der Waals surface area contributed by atoms with Gasteiger partial charge in [0.2, 0.25) is 15.9 Å². The summed E-state index contributed by atoms with van der Waals surface area (Å²) in [6, 6.07) is 10.6. The third-order valence-electron chi connectivity index (χ3n) is 4.30. The maximum Gasteiger partial charge on any atom is 0.337 e. The topological polar surface area (TPSA) is 92.8 Å². The zero-order valence-electron chi connectivity index (χ0n) is 16.9. The highest BCUT2D eigenvalue weighted by Crippen LogP contribution is 2.23. The van der Waals surface area contributed by atoms with Crippen LogP contribution in [0, 0.1) is 0 Å². The van der Waals surface area contributed by atoms with Crippen LogP contribution in [0.4, 0.5) is 5.69 Å². The molecular formula is C21H23ClN2O5S. The zero-order valence-corrected chi connectivity index (χ0v) is 18.5. The Hall–Kier alpha value is -2.68. The van der Waals surface area contributed by atoms with Gasteiger partial charge >= 0.3 is 5.97 Å². The van der Waals surface area contributed by atoms with Crippen LogP contribution in [0.3, 0.4) is 0 Å². The lowest BCUT2D eigenvalue weighted by Gasteiger charge is -2.18. The van der Waals surface area contributed by atoms with Gasteiger partial charge in [0.05, 0.1) is 28.3 Å². The number of nitrogens with one attached hydrogen (secondary N) is 1. The minimum Gasteiger partial charge on any atom is -0.465 e. The first-order valence-electron chi connectivity index (χ1n) is 9.20. The average Bonchev–Trinajstić information content (AvgIpc) is 2.74. The number of anilines is 1. The summed E-state index contributed by atoms with van der Waals surface area (Å²) in [6.07, 6.45) is 2.83. The minimum atomic E-state index is -3.53. The fourth-order valence-electron chi connectivity index (χ4n) is 2.68. The molecule has 0 heterocycles. The number of hydrogen-bond acceptors (Lipinski definition) is 5. The SMILES string of the molecule is CCN(CC)S(=O)(=O)c1ccc(/C=C/C(=O)Nc2cc(C(=O)OC)ccc2Cl)cc1. The number of hydrogen-bond donors (Lipinski definition) is 1. The first-order chi connectivity index (χ1) is 14.2. The monoisotopic (exact) mass is 450 g/mol. The second-order valence-electron chi connectivity index (χ2n) is 6.17. The van der Waals surface area contributed by atoms with E-state index in [9.17, 15) is 18.0 Å². The van der Waals surface area contributed by atoms with Crippen molar-refractivity contribution >= 4 is 45.3 Å². The fourth-order valence-corrected chi connectivity index (χ4v) is 4.30. The molecule has 0 aliphatic heterocycles. The van der Waals surface area contributed by atoms with Gasteiger partial charge in [-0.2, -0.15) is 4.31 Å². The summed E-state index contributed by atoms with van der Waals surface area (Å²) < 4.78 is 31.0. The van der Waals surface area contributed by atoms with E-state index in [4.69, 9.17) is 11.6 Å². The van der Waals surface area contributed by atoms with Crippen LogP contribution in [0.15, 0.2) is 53.4 Å². The standard InChI is InChI=1S/C21H23ClN2O5S/c1-4-24(5-2)30(27,28)17-10-6-15(7-11-17)8-13-20(25)23-19-14-16(21(26)29-3)9-12-18(19)22/h6-14H,4-5H2,1-3H3,(H,23,25)/b13-8+. The van der Waals surface area contributed by atoms with E-state index >= 15 is 0 Å². The Bertz CT molecular complexity index is 1050. The highest BCUT2D eigenvalue weighted by atomic mass is 35.5. The van der Waals surface area contributed by atoms with Gasteiger partial charge in [-0.25, -0.2) is 13.2 Å². The van der Waals surface area contributed by atoms with Crippen LogP contribution in [0.25, 0.3) is 6.08 Å². The highest BCUT2D eigenvalue weighted by Gasteiger charge is 2.20. The molecule has 0 atom stereocenters. The number of benzene rings is 2. The van der Waals surface area contributed by atoms with Gasteiger partial charge in [-0.05, 0) is 42.0 Å². The van der Waals surface area contributed by atoms with E-state index in [1.165, 1.54) is 47.8 Å². The second-order valence-corrected chi connectivity index (χ2v) is 8.51. The molecule has 0 aliphatic rings. The van der Waals surface area contributed by atoms with Crippen molar-refractivity contribution in [3.8, 4) is 0 Å². The number of carbonyl (C=O) groups excluding carboxylic acids is 2. The van der Waals surface area contributed by atoms with E-state index in [1.807, 2.05) is 0 Å². The quantitative estimate of drug-likeness (QED) is 0.487. The van der Waals surface area contributed by atoms with Crippen LogP contribution in [0.5, 0.6) is 0 Å². The second kappa shape index (κ2) is 10.4. The Balaban J connectivity index is 2.11. The molecule has 0 fully saturated rings. The number of halogens is 1. The minimum absolute atomic E-state index is 0.194. The molecule has 160 valence electrons. The molecule has 1 amide bonds. The first-order valence-corrected chi connectivity index (χ1v) is 11.0. The lowest BCUT2D eigenvalue weighted by atomic mass is 10.2. The Morgan fingerprint density at radius 2 is 1.73 bits per heavy atom. The van der Waals surface area contributed by atoms with E-state index in [-0.39, 0.29) is 21.2 Å². The van der Waals surface area contributed by atoms with E-state index in [0.717, 1.165) is 0 Å². The number of esters is 1. The van der Waals surface area contributed by atoms with Gasteiger partial charge in [0.1, 0.15) is 0 Å². The maximum atomic E-state index is 12.5. The number of rotatable bonds is 8. The van der Waals surface area contributed by atoms with Gasteiger partial charge in [0.15, 0.2) is 0 Å². The smallest absolute Gasteiger partial charge is 0.337 e. The molecule has 0 aromatic heterocycles. The molecule has 7 nitrogen and oxygen atoms in total. The fraction of sp³-hybridized carbons (Fsp3) is 0.238. The molecule has 2 aromatic carbocycles. The number of ether oxygens (including phenoxy) is 1. The zero-order chi connectivity index (χ0) is 22.3. The number of methoxy groups -OCH3 is 1. The maximum absolute atomic E-state index is 12.5. The molecule has 9 heteroatoms. The molecule has 0 spiro atoms. The number of sulfonamides is 1. The summed E-state index contributed by atoms with van der Waals surface area (Å²) in [6.45, 7) is 4.34. The Morgan fingerprint density at radius 1 is 1.10 bits per heavy atom. The normalized spacial score (nSPS) is 11.6. The molecule has 0 bridgehead atoms. The Kier molecular flexibility index (Phi) is 8.16. The van der Waals surface area contributed by atoms with E-state index in [0.29, 0.717) is 18.7 Å².